The molecule has 35 heavy (non-hydrogen) atoms. The highest BCUT2D eigenvalue weighted by Crippen LogP contribution is 2.28. The molecule has 0 fully saturated rings. The summed E-state index contributed by atoms with van der Waals surface area (Å²) in [6.07, 6.45) is 4.41. The number of benzene rings is 1. The Hall–Kier alpha value is -4.45. The summed E-state index contributed by atoms with van der Waals surface area (Å²) in [5.74, 6) is 1.64. The van der Waals surface area contributed by atoms with Crippen LogP contribution in [-0.4, -0.2) is 65.0 Å². The predicted molar refractivity (Wildman–Crippen MR) is 135 cm³/mol. The number of anilines is 2. The van der Waals surface area contributed by atoms with Gasteiger partial charge in [0.05, 0.1) is 23.8 Å². The smallest absolute Gasteiger partial charge is 0.229 e. The van der Waals surface area contributed by atoms with E-state index in [9.17, 15) is 8.42 Å². The Bertz CT molecular complexity index is 1560. The van der Waals surface area contributed by atoms with E-state index in [1.807, 2.05) is 49.3 Å². The number of hydrogen-bond donors (Lipinski definition) is 1. The number of rotatable bonds is 6. The Balaban J connectivity index is 1.68. The molecule has 0 spiro atoms. The lowest BCUT2D eigenvalue weighted by molar-refractivity contribution is 0.607. The third kappa shape index (κ3) is 4.51. The molecule has 0 radical (unpaired) electrons. The SMILES string of the molecule is CN(C)c1ccc(N=C2C(c3ccccc3NS(C)(=O)=O)=Nn3c2nnc3-c2ccccn2)cn1. The van der Waals surface area contributed by atoms with Crippen LogP contribution in [0.25, 0.3) is 11.5 Å². The van der Waals surface area contributed by atoms with Crippen LogP contribution in [0, 0.1) is 0 Å². The third-order valence-corrected chi connectivity index (χ3v) is 5.67. The van der Waals surface area contributed by atoms with E-state index in [4.69, 9.17) is 10.1 Å². The van der Waals surface area contributed by atoms with Crippen LogP contribution in [0.2, 0.25) is 0 Å². The van der Waals surface area contributed by atoms with Crippen molar-refractivity contribution >= 4 is 38.6 Å². The Morgan fingerprint density at radius 2 is 1.71 bits per heavy atom. The van der Waals surface area contributed by atoms with E-state index >= 15 is 0 Å². The Morgan fingerprint density at radius 1 is 0.943 bits per heavy atom. The predicted octanol–water partition coefficient (Wildman–Crippen LogP) is 2.56. The molecule has 1 aliphatic rings. The third-order valence-electron chi connectivity index (χ3n) is 5.08. The second-order valence-corrected chi connectivity index (χ2v) is 9.72. The number of sulfonamides is 1. The van der Waals surface area contributed by atoms with E-state index in [1.165, 1.54) is 0 Å². The van der Waals surface area contributed by atoms with Crippen LogP contribution >= 0.6 is 0 Å². The Kier molecular flexibility index (Phi) is 5.57. The van der Waals surface area contributed by atoms with Crippen LogP contribution in [0.3, 0.4) is 0 Å². The zero-order valence-corrected chi connectivity index (χ0v) is 20.0. The van der Waals surface area contributed by atoms with Crippen molar-refractivity contribution in [2.24, 2.45) is 10.1 Å². The number of fused-ring (bicyclic) bond motifs is 1. The van der Waals surface area contributed by atoms with Crippen molar-refractivity contribution < 1.29 is 8.42 Å². The van der Waals surface area contributed by atoms with Gasteiger partial charge in [0, 0.05) is 25.9 Å². The second-order valence-electron chi connectivity index (χ2n) is 7.97. The van der Waals surface area contributed by atoms with E-state index in [0.29, 0.717) is 45.7 Å². The van der Waals surface area contributed by atoms with Gasteiger partial charge >= 0.3 is 0 Å². The van der Waals surface area contributed by atoms with Crippen molar-refractivity contribution in [3.8, 4) is 11.5 Å². The van der Waals surface area contributed by atoms with Crippen LogP contribution in [0.4, 0.5) is 17.2 Å². The van der Waals surface area contributed by atoms with Crippen molar-refractivity contribution in [1.29, 1.82) is 0 Å². The molecule has 1 aromatic carbocycles. The summed E-state index contributed by atoms with van der Waals surface area (Å²) in [6.45, 7) is 0. The first-order valence-electron chi connectivity index (χ1n) is 10.6. The molecule has 0 saturated carbocycles. The average molecular weight is 488 g/mol. The molecule has 176 valence electrons. The molecule has 5 rings (SSSR count). The fraction of sp³-hybridized carbons (Fsp3) is 0.130. The summed E-state index contributed by atoms with van der Waals surface area (Å²) in [4.78, 5) is 15.5. The largest absolute Gasteiger partial charge is 0.363 e. The first-order chi connectivity index (χ1) is 16.8. The average Bonchev–Trinajstić information content (AvgIpc) is 3.39. The molecule has 12 heteroatoms. The zero-order chi connectivity index (χ0) is 24.6. The lowest BCUT2D eigenvalue weighted by Crippen LogP contribution is -2.18. The summed E-state index contributed by atoms with van der Waals surface area (Å²) >= 11 is 0. The Labute approximate surface area is 202 Å². The van der Waals surface area contributed by atoms with Gasteiger partial charge in [0.15, 0.2) is 0 Å². The summed E-state index contributed by atoms with van der Waals surface area (Å²) in [5.41, 5.74) is 2.97. The maximum Gasteiger partial charge on any atom is 0.229 e. The molecule has 1 N–H and O–H groups in total. The topological polar surface area (TPSA) is 131 Å². The van der Waals surface area contributed by atoms with Gasteiger partial charge < -0.3 is 4.90 Å². The van der Waals surface area contributed by atoms with Crippen LogP contribution in [0.5, 0.6) is 0 Å². The fourth-order valence-corrected chi connectivity index (χ4v) is 4.11. The second kappa shape index (κ2) is 8.72. The maximum absolute atomic E-state index is 12.0. The molecule has 4 aromatic rings. The van der Waals surface area contributed by atoms with Gasteiger partial charge in [-0.2, -0.15) is 9.78 Å². The van der Waals surface area contributed by atoms with E-state index in [2.05, 4.69) is 24.9 Å². The molecule has 0 atom stereocenters. The first kappa shape index (κ1) is 22.3. The number of nitrogens with zero attached hydrogens (tertiary/aromatic N) is 8. The number of para-hydroxylation sites is 1. The quantitative estimate of drug-likeness (QED) is 0.442. The summed E-state index contributed by atoms with van der Waals surface area (Å²) in [5, 5.41) is 13.4. The van der Waals surface area contributed by atoms with E-state index in [1.54, 1.807) is 41.3 Å². The lowest BCUT2D eigenvalue weighted by atomic mass is 10.0. The highest BCUT2D eigenvalue weighted by molar-refractivity contribution is 7.92. The van der Waals surface area contributed by atoms with Gasteiger partial charge in [0.25, 0.3) is 0 Å². The molecular formula is C23H21N9O2S. The van der Waals surface area contributed by atoms with E-state index in [-0.39, 0.29) is 0 Å². The number of hydrogen-bond acceptors (Lipinski definition) is 9. The molecule has 0 saturated heterocycles. The molecule has 0 unspecified atom stereocenters. The van der Waals surface area contributed by atoms with Crippen LogP contribution < -0.4 is 9.62 Å². The van der Waals surface area contributed by atoms with Gasteiger partial charge in [0.2, 0.25) is 21.7 Å². The van der Waals surface area contributed by atoms with Crippen molar-refractivity contribution in [1.82, 2.24) is 24.8 Å². The van der Waals surface area contributed by atoms with Crippen molar-refractivity contribution in [3.63, 3.8) is 0 Å². The molecule has 11 nitrogen and oxygen atoms in total. The standard InChI is InChI=1S/C23H21N9O2S/c1-31(2)19-12-11-15(14-25-19)26-21-20(16-8-4-5-9-17(16)30-35(3,33)34)29-32-22(27-28-23(21)32)18-10-6-7-13-24-18/h4-14,30H,1-3H3. The van der Waals surface area contributed by atoms with Crippen LogP contribution in [0.1, 0.15) is 11.4 Å². The monoisotopic (exact) mass is 487 g/mol. The molecule has 4 heterocycles. The first-order valence-corrected chi connectivity index (χ1v) is 12.4. The van der Waals surface area contributed by atoms with Crippen molar-refractivity contribution in [2.75, 3.05) is 30.0 Å². The van der Waals surface area contributed by atoms with Gasteiger partial charge in [-0.3, -0.25) is 9.71 Å². The lowest BCUT2D eigenvalue weighted by Gasteiger charge is -2.11. The minimum Gasteiger partial charge on any atom is -0.363 e. The number of pyridine rings is 2. The van der Waals surface area contributed by atoms with Crippen LogP contribution in [-0.2, 0) is 10.0 Å². The number of nitrogens with one attached hydrogen (secondary N) is 1. The summed E-state index contributed by atoms with van der Waals surface area (Å²) < 4.78 is 28.1. The van der Waals surface area contributed by atoms with E-state index < -0.39 is 10.0 Å². The van der Waals surface area contributed by atoms with Crippen molar-refractivity contribution in [3.05, 3.63) is 78.4 Å². The highest BCUT2D eigenvalue weighted by Gasteiger charge is 2.31. The number of aromatic nitrogens is 5. The Morgan fingerprint density at radius 3 is 2.40 bits per heavy atom. The summed E-state index contributed by atoms with van der Waals surface area (Å²) in [6, 6.07) is 16.2. The number of aliphatic imine (C=N–C) groups is 1. The van der Waals surface area contributed by atoms with Crippen LogP contribution in [0.15, 0.2) is 77.1 Å². The fourth-order valence-electron chi connectivity index (χ4n) is 3.53. The van der Waals surface area contributed by atoms with Gasteiger partial charge in [0.1, 0.15) is 22.9 Å². The zero-order valence-electron chi connectivity index (χ0n) is 19.2. The van der Waals surface area contributed by atoms with Gasteiger partial charge in [-0.05, 0) is 30.3 Å². The molecule has 3 aromatic heterocycles. The van der Waals surface area contributed by atoms with Gasteiger partial charge in [-0.1, -0.05) is 24.3 Å². The summed E-state index contributed by atoms with van der Waals surface area (Å²) in [7, 11) is 0.283. The molecule has 0 bridgehead atoms. The minimum atomic E-state index is -3.53. The normalized spacial score (nSPS) is 14.0. The molecule has 1 aliphatic heterocycles. The molecule has 0 aliphatic carbocycles. The molecular weight excluding hydrogens is 466 g/mol. The maximum atomic E-state index is 12.0. The van der Waals surface area contributed by atoms with E-state index in [0.717, 1.165) is 12.1 Å². The highest BCUT2D eigenvalue weighted by atomic mass is 32.2. The van der Waals surface area contributed by atoms with Gasteiger partial charge in [-0.25, -0.2) is 18.4 Å². The van der Waals surface area contributed by atoms with Gasteiger partial charge in [-0.15, -0.1) is 10.2 Å². The minimum absolute atomic E-state index is 0.376. The van der Waals surface area contributed by atoms with Crippen molar-refractivity contribution in [2.45, 2.75) is 0 Å². The molecule has 0 amide bonds.